The lowest BCUT2D eigenvalue weighted by Crippen LogP contribution is -2.55. The molecule has 5 rings (SSSR count). The third kappa shape index (κ3) is 9.04. The summed E-state index contributed by atoms with van der Waals surface area (Å²) in [5, 5.41) is 25.9. The normalized spacial score (nSPS) is 16.5. The van der Waals surface area contributed by atoms with Crippen LogP contribution in [0.1, 0.15) is 34.5 Å². The highest BCUT2D eigenvalue weighted by atomic mass is 16.4. The number of piperazine rings is 2. The van der Waals surface area contributed by atoms with E-state index in [9.17, 15) is 14.9 Å². The number of nitrogens with one attached hydrogen (secondary N) is 3. The number of urea groups is 1. The van der Waals surface area contributed by atoms with Gasteiger partial charge < -0.3 is 30.4 Å². The first-order chi connectivity index (χ1) is 21.8. The summed E-state index contributed by atoms with van der Waals surface area (Å²) in [6.45, 7) is 7.26. The molecule has 12 heteroatoms. The van der Waals surface area contributed by atoms with Gasteiger partial charge in [-0.1, -0.05) is 54.6 Å². The van der Waals surface area contributed by atoms with Crippen LogP contribution >= 0.6 is 0 Å². The number of guanidine groups is 1. The van der Waals surface area contributed by atoms with E-state index in [4.69, 9.17) is 14.9 Å². The van der Waals surface area contributed by atoms with Crippen molar-refractivity contribution in [2.75, 3.05) is 51.1 Å². The molecule has 4 N–H and O–H groups in total. The summed E-state index contributed by atoms with van der Waals surface area (Å²) in [6, 6.07) is 24.1. The topological polar surface area (TPSA) is 153 Å². The first kappa shape index (κ1) is 32.5. The van der Waals surface area contributed by atoms with E-state index in [0.29, 0.717) is 49.9 Å². The van der Waals surface area contributed by atoms with Gasteiger partial charge >= 0.3 is 6.03 Å². The average molecular weight is 611 g/mol. The summed E-state index contributed by atoms with van der Waals surface area (Å²) in [5.74, 6) is -0.425. The number of carbonyl (C=O) groups excluding carboxylic acids is 2. The second kappa shape index (κ2) is 15.9. The van der Waals surface area contributed by atoms with Gasteiger partial charge in [0.15, 0.2) is 6.19 Å². The molecular weight excluding hydrogens is 572 g/mol. The van der Waals surface area contributed by atoms with Crippen LogP contribution < -0.4 is 16.0 Å². The van der Waals surface area contributed by atoms with Crippen LogP contribution in [0.25, 0.3) is 0 Å². The smallest absolute Gasteiger partial charge is 0.322 e. The van der Waals surface area contributed by atoms with Crippen molar-refractivity contribution in [3.63, 3.8) is 0 Å². The SMILES string of the molecule is CC(=O)O.Cc1ccccc1N=C(NC#N)N1CCN(C(=O)Nc2cccc(C(=O)N3CCNCC3)c2)C(c2ccccc2)C1. The molecule has 2 aliphatic rings. The molecule has 45 heavy (non-hydrogen) atoms. The van der Waals surface area contributed by atoms with Gasteiger partial charge in [-0.2, -0.15) is 5.26 Å². The molecule has 2 fully saturated rings. The fourth-order valence-electron chi connectivity index (χ4n) is 5.19. The van der Waals surface area contributed by atoms with Gasteiger partial charge in [-0.15, -0.1) is 0 Å². The van der Waals surface area contributed by atoms with E-state index in [2.05, 4.69) is 16.0 Å². The van der Waals surface area contributed by atoms with Crippen LogP contribution in [-0.4, -0.2) is 89.5 Å². The Bertz CT molecular complexity index is 1550. The average Bonchev–Trinajstić information content (AvgIpc) is 3.05. The van der Waals surface area contributed by atoms with Gasteiger partial charge in [0, 0.05) is 64.0 Å². The van der Waals surface area contributed by atoms with E-state index in [1.165, 1.54) is 0 Å². The standard InChI is InChI=1S/C31H34N8O2.C2H4O2/c1-23-8-5-6-13-27(23)36-30(34-22-32)38-18-19-39(28(21-38)24-9-3-2-4-10-24)31(41)35-26-12-7-11-25(20-26)29(40)37-16-14-33-15-17-37;1-2(3)4/h2-13,20,28,33H,14-19,21H2,1H3,(H,34,36)(H,35,41);1H3,(H,3,4). The molecule has 12 nitrogen and oxygen atoms in total. The zero-order valence-electron chi connectivity index (χ0n) is 25.4. The minimum Gasteiger partial charge on any atom is -0.481 e. The first-order valence-electron chi connectivity index (χ1n) is 14.7. The third-order valence-electron chi connectivity index (χ3n) is 7.40. The quantitative estimate of drug-likeness (QED) is 0.151. The molecule has 2 aliphatic heterocycles. The number of aryl methyl sites for hydroxylation is 1. The maximum absolute atomic E-state index is 13.7. The number of nitriles is 1. The lowest BCUT2D eigenvalue weighted by molar-refractivity contribution is -0.134. The molecule has 3 aromatic carbocycles. The number of anilines is 1. The van der Waals surface area contributed by atoms with Gasteiger partial charge in [-0.25, -0.2) is 9.79 Å². The lowest BCUT2D eigenvalue weighted by atomic mass is 10.0. The lowest BCUT2D eigenvalue weighted by Gasteiger charge is -2.42. The predicted octanol–water partition coefficient (Wildman–Crippen LogP) is 3.78. The van der Waals surface area contributed by atoms with Crippen molar-refractivity contribution >= 4 is 35.2 Å². The minimum absolute atomic E-state index is 0.0381. The number of rotatable bonds is 4. The molecule has 0 bridgehead atoms. The molecule has 0 aliphatic carbocycles. The fraction of sp³-hybridized carbons (Fsp3) is 0.303. The van der Waals surface area contributed by atoms with E-state index >= 15 is 0 Å². The molecule has 234 valence electrons. The molecule has 3 aromatic rings. The number of carboxylic acid groups (broad SMARTS) is 1. The number of hydrogen-bond donors (Lipinski definition) is 4. The number of carbonyl (C=O) groups is 3. The molecule has 1 atom stereocenters. The van der Waals surface area contributed by atoms with Gasteiger partial charge in [-0.3, -0.25) is 14.9 Å². The molecular formula is C33H38N8O4. The second-order valence-electron chi connectivity index (χ2n) is 10.6. The van der Waals surface area contributed by atoms with Crippen LogP contribution in [0.3, 0.4) is 0 Å². The third-order valence-corrected chi connectivity index (χ3v) is 7.40. The maximum atomic E-state index is 13.7. The van der Waals surface area contributed by atoms with Crippen molar-refractivity contribution in [3.05, 3.63) is 95.6 Å². The Morgan fingerprint density at radius 3 is 2.31 bits per heavy atom. The zero-order valence-corrected chi connectivity index (χ0v) is 25.4. The number of aliphatic imine (C=N–C) groups is 1. The highest BCUT2D eigenvalue weighted by Crippen LogP contribution is 2.28. The Kier molecular flexibility index (Phi) is 11.5. The number of amides is 3. The highest BCUT2D eigenvalue weighted by molar-refractivity contribution is 5.97. The summed E-state index contributed by atoms with van der Waals surface area (Å²) in [7, 11) is 0. The number of carboxylic acids is 1. The van der Waals surface area contributed by atoms with E-state index in [1.54, 1.807) is 29.2 Å². The Morgan fingerprint density at radius 2 is 1.62 bits per heavy atom. The number of hydrogen-bond acceptors (Lipinski definition) is 6. The highest BCUT2D eigenvalue weighted by Gasteiger charge is 2.33. The van der Waals surface area contributed by atoms with E-state index < -0.39 is 5.97 Å². The summed E-state index contributed by atoms with van der Waals surface area (Å²) in [5.41, 5.74) is 3.87. The van der Waals surface area contributed by atoms with Crippen molar-refractivity contribution < 1.29 is 19.5 Å². The Morgan fingerprint density at radius 1 is 0.933 bits per heavy atom. The molecule has 0 aromatic heterocycles. The van der Waals surface area contributed by atoms with Gasteiger partial charge in [0.2, 0.25) is 5.96 Å². The van der Waals surface area contributed by atoms with Crippen molar-refractivity contribution in [1.82, 2.24) is 25.3 Å². The van der Waals surface area contributed by atoms with Crippen molar-refractivity contribution in [2.45, 2.75) is 19.9 Å². The van der Waals surface area contributed by atoms with Gasteiger partial charge in [0.05, 0.1) is 11.7 Å². The summed E-state index contributed by atoms with van der Waals surface area (Å²) in [4.78, 5) is 46.1. The summed E-state index contributed by atoms with van der Waals surface area (Å²) >= 11 is 0. The van der Waals surface area contributed by atoms with Gasteiger partial charge in [0.25, 0.3) is 11.9 Å². The number of benzene rings is 3. The monoisotopic (exact) mass is 610 g/mol. The predicted molar refractivity (Wildman–Crippen MR) is 172 cm³/mol. The Balaban J connectivity index is 0.00000109. The Labute approximate surface area is 263 Å². The van der Waals surface area contributed by atoms with Crippen molar-refractivity contribution in [3.8, 4) is 6.19 Å². The number of aliphatic carboxylic acids is 1. The molecule has 1 unspecified atom stereocenters. The van der Waals surface area contributed by atoms with Crippen LogP contribution in [0, 0.1) is 18.4 Å². The van der Waals surface area contributed by atoms with Crippen LogP contribution in [0.15, 0.2) is 83.9 Å². The molecule has 0 saturated carbocycles. The minimum atomic E-state index is -0.833. The van der Waals surface area contributed by atoms with E-state index in [1.807, 2.05) is 77.5 Å². The van der Waals surface area contributed by atoms with Crippen LogP contribution in [-0.2, 0) is 4.79 Å². The van der Waals surface area contributed by atoms with E-state index in [-0.39, 0.29) is 18.0 Å². The molecule has 0 spiro atoms. The van der Waals surface area contributed by atoms with Crippen LogP contribution in [0.2, 0.25) is 0 Å². The van der Waals surface area contributed by atoms with Crippen molar-refractivity contribution in [1.29, 1.82) is 5.26 Å². The van der Waals surface area contributed by atoms with Crippen molar-refractivity contribution in [2.24, 2.45) is 4.99 Å². The van der Waals surface area contributed by atoms with Crippen LogP contribution in [0.5, 0.6) is 0 Å². The first-order valence-corrected chi connectivity index (χ1v) is 14.7. The second-order valence-corrected chi connectivity index (χ2v) is 10.6. The van der Waals surface area contributed by atoms with E-state index in [0.717, 1.165) is 36.8 Å². The maximum Gasteiger partial charge on any atom is 0.322 e. The fourth-order valence-corrected chi connectivity index (χ4v) is 5.19. The molecule has 2 saturated heterocycles. The number of nitrogens with zero attached hydrogens (tertiary/aromatic N) is 5. The molecule has 3 amide bonds. The largest absolute Gasteiger partial charge is 0.481 e. The van der Waals surface area contributed by atoms with Crippen LogP contribution in [0.4, 0.5) is 16.2 Å². The van der Waals surface area contributed by atoms with Gasteiger partial charge in [0.1, 0.15) is 0 Å². The number of para-hydroxylation sites is 1. The molecule has 2 heterocycles. The van der Waals surface area contributed by atoms with Gasteiger partial charge in [-0.05, 0) is 42.3 Å². The zero-order chi connectivity index (χ0) is 32.2. The summed E-state index contributed by atoms with van der Waals surface area (Å²) < 4.78 is 0. The Hall–Kier alpha value is -5.41. The molecule has 0 radical (unpaired) electrons. The summed E-state index contributed by atoms with van der Waals surface area (Å²) in [6.07, 6.45) is 2.01.